The van der Waals surface area contributed by atoms with E-state index in [2.05, 4.69) is 99.4 Å². The Bertz CT molecular complexity index is 641. The van der Waals surface area contributed by atoms with E-state index in [0.717, 1.165) is 19.6 Å². The van der Waals surface area contributed by atoms with E-state index < -0.39 is 8.32 Å². The summed E-state index contributed by atoms with van der Waals surface area (Å²) in [6, 6.07) is 21.2. The Morgan fingerprint density at radius 1 is 0.893 bits per heavy atom. The summed E-state index contributed by atoms with van der Waals surface area (Å²) >= 11 is 0. The Morgan fingerprint density at radius 3 is 1.75 bits per heavy atom. The Morgan fingerprint density at radius 2 is 1.36 bits per heavy atom. The van der Waals surface area contributed by atoms with Gasteiger partial charge in [0.25, 0.3) is 0 Å². The van der Waals surface area contributed by atoms with Gasteiger partial charge in [-0.15, -0.1) is 0 Å². The molecule has 0 heterocycles. The second-order valence-corrected chi connectivity index (χ2v) is 13.9. The molecule has 0 aliphatic heterocycles. The van der Waals surface area contributed by atoms with Crippen molar-refractivity contribution in [3.63, 3.8) is 0 Å². The van der Waals surface area contributed by atoms with Crippen molar-refractivity contribution in [1.82, 2.24) is 4.90 Å². The van der Waals surface area contributed by atoms with Gasteiger partial charge < -0.3 is 9.53 Å². The maximum Gasteiger partial charge on any atom is 0.192 e. The average Bonchev–Trinajstić information content (AvgIpc) is 2.62. The minimum absolute atomic E-state index is 0.0401. The molecule has 1 N–H and O–H groups in total. The molecule has 0 aliphatic rings. The number of hydrogen-bond acceptors (Lipinski definition) is 3. The van der Waals surface area contributed by atoms with E-state index in [4.69, 9.17) is 4.43 Å². The first-order valence-electron chi connectivity index (χ1n) is 10.3. The highest BCUT2D eigenvalue weighted by Gasteiger charge is 2.39. The van der Waals surface area contributed by atoms with Gasteiger partial charge >= 0.3 is 0 Å². The van der Waals surface area contributed by atoms with Gasteiger partial charge in [-0.3, -0.25) is 4.90 Å². The predicted octanol–water partition coefficient (Wildman–Crippen LogP) is 5.46. The Labute approximate surface area is 172 Å². The lowest BCUT2D eigenvalue weighted by atomic mass is 10.1. The third kappa shape index (κ3) is 7.17. The van der Waals surface area contributed by atoms with Crippen molar-refractivity contribution in [2.24, 2.45) is 0 Å². The second kappa shape index (κ2) is 10.4. The fourth-order valence-corrected chi connectivity index (χ4v) is 4.46. The number of aliphatic hydroxyl groups excluding tert-OH is 1. The first-order chi connectivity index (χ1) is 13.2. The number of rotatable bonds is 10. The lowest BCUT2D eigenvalue weighted by molar-refractivity contribution is 0.0883. The molecule has 0 aliphatic carbocycles. The van der Waals surface area contributed by atoms with Gasteiger partial charge in [0.2, 0.25) is 0 Å². The zero-order chi connectivity index (χ0) is 20.6. The maximum absolute atomic E-state index is 9.65. The molecule has 0 spiro atoms. The highest BCUT2D eigenvalue weighted by atomic mass is 28.4. The van der Waals surface area contributed by atoms with Crippen molar-refractivity contribution in [2.45, 2.75) is 64.5 Å². The van der Waals surface area contributed by atoms with Crippen LogP contribution in [0.5, 0.6) is 0 Å². The van der Waals surface area contributed by atoms with Crippen LogP contribution in [0.2, 0.25) is 18.1 Å². The third-order valence-electron chi connectivity index (χ3n) is 5.68. The van der Waals surface area contributed by atoms with Gasteiger partial charge in [0.15, 0.2) is 8.32 Å². The van der Waals surface area contributed by atoms with Crippen molar-refractivity contribution in [3.8, 4) is 0 Å². The predicted molar refractivity (Wildman–Crippen MR) is 121 cm³/mol. The normalized spacial score (nSPS) is 13.7. The molecule has 2 aromatic carbocycles. The van der Waals surface area contributed by atoms with Gasteiger partial charge in [0, 0.05) is 26.2 Å². The first-order valence-corrected chi connectivity index (χ1v) is 13.2. The van der Waals surface area contributed by atoms with Crippen LogP contribution in [0.25, 0.3) is 0 Å². The van der Waals surface area contributed by atoms with Crippen molar-refractivity contribution >= 4 is 8.32 Å². The lowest BCUT2D eigenvalue weighted by Crippen LogP contribution is -2.47. The van der Waals surface area contributed by atoms with Gasteiger partial charge in [0.1, 0.15) is 0 Å². The molecular formula is C24H37NO2Si. The van der Waals surface area contributed by atoms with Crippen molar-refractivity contribution in [2.75, 3.05) is 13.2 Å². The summed E-state index contributed by atoms with van der Waals surface area (Å²) in [4.78, 5) is 2.44. The maximum atomic E-state index is 9.65. The Hall–Kier alpha value is -1.46. The van der Waals surface area contributed by atoms with Gasteiger partial charge in [0.05, 0.1) is 6.10 Å². The second-order valence-electron chi connectivity index (χ2n) is 9.15. The topological polar surface area (TPSA) is 32.7 Å². The van der Waals surface area contributed by atoms with Crippen LogP contribution < -0.4 is 0 Å². The largest absolute Gasteiger partial charge is 0.413 e. The third-order valence-corrected chi connectivity index (χ3v) is 10.2. The quantitative estimate of drug-likeness (QED) is 0.538. The molecule has 0 fully saturated rings. The molecular weight excluding hydrogens is 362 g/mol. The van der Waals surface area contributed by atoms with Crippen LogP contribution in [0.4, 0.5) is 0 Å². The van der Waals surface area contributed by atoms with Crippen LogP contribution in [-0.2, 0) is 17.5 Å². The molecule has 0 saturated carbocycles. The van der Waals surface area contributed by atoms with E-state index in [-0.39, 0.29) is 17.7 Å². The molecule has 0 saturated heterocycles. The Balaban J connectivity index is 2.17. The molecule has 1 atom stereocenters. The van der Waals surface area contributed by atoms with Crippen LogP contribution in [-0.4, -0.2) is 37.6 Å². The average molecular weight is 400 g/mol. The molecule has 0 aromatic heterocycles. The zero-order valence-electron chi connectivity index (χ0n) is 18.2. The smallest absolute Gasteiger partial charge is 0.192 e. The van der Waals surface area contributed by atoms with Crippen LogP contribution in [0.3, 0.4) is 0 Å². The summed E-state index contributed by atoms with van der Waals surface area (Å²) in [6.07, 6.45) is 0.713. The molecule has 0 radical (unpaired) electrons. The summed E-state index contributed by atoms with van der Waals surface area (Å²) in [5.41, 5.74) is 2.60. The highest BCUT2D eigenvalue weighted by Crippen LogP contribution is 2.37. The summed E-state index contributed by atoms with van der Waals surface area (Å²) in [5, 5.41) is 9.80. The monoisotopic (exact) mass is 399 g/mol. The van der Waals surface area contributed by atoms with E-state index in [1.54, 1.807) is 0 Å². The van der Waals surface area contributed by atoms with Crippen LogP contribution in [0.15, 0.2) is 60.7 Å². The first kappa shape index (κ1) is 22.8. The molecule has 28 heavy (non-hydrogen) atoms. The molecule has 3 nitrogen and oxygen atoms in total. The van der Waals surface area contributed by atoms with Gasteiger partial charge in [-0.05, 0) is 35.7 Å². The van der Waals surface area contributed by atoms with E-state index in [9.17, 15) is 5.11 Å². The van der Waals surface area contributed by atoms with Crippen molar-refractivity contribution < 1.29 is 9.53 Å². The lowest BCUT2D eigenvalue weighted by Gasteiger charge is -2.40. The molecule has 2 aromatic rings. The minimum Gasteiger partial charge on any atom is -0.413 e. The highest BCUT2D eigenvalue weighted by molar-refractivity contribution is 6.74. The zero-order valence-corrected chi connectivity index (χ0v) is 19.2. The number of aliphatic hydroxyl groups is 1. The van der Waals surface area contributed by atoms with Crippen LogP contribution in [0.1, 0.15) is 38.3 Å². The van der Waals surface area contributed by atoms with Gasteiger partial charge in [-0.1, -0.05) is 81.4 Å². The SMILES string of the molecule is CC(C)(C)[Si](C)(C)O[C@@H](CCO)CN(Cc1ccccc1)Cc1ccccc1. The summed E-state index contributed by atoms with van der Waals surface area (Å²) in [7, 11) is -1.89. The van der Waals surface area contributed by atoms with E-state index >= 15 is 0 Å². The van der Waals surface area contributed by atoms with Gasteiger partial charge in [-0.25, -0.2) is 0 Å². The number of hydrogen-bond donors (Lipinski definition) is 1. The van der Waals surface area contributed by atoms with E-state index in [0.29, 0.717) is 6.42 Å². The standard InChI is InChI=1S/C24H37NO2Si/c1-24(2,3)28(4,5)27-23(16-17-26)20-25(18-21-12-8-6-9-13-21)19-22-14-10-7-11-15-22/h6-15,23,26H,16-20H2,1-5H3/t23-/m0/s1. The van der Waals surface area contributed by atoms with Crippen LogP contribution >= 0.6 is 0 Å². The van der Waals surface area contributed by atoms with Crippen LogP contribution in [0, 0.1) is 0 Å². The van der Waals surface area contributed by atoms with Crippen molar-refractivity contribution in [3.05, 3.63) is 71.8 Å². The van der Waals surface area contributed by atoms with Gasteiger partial charge in [-0.2, -0.15) is 0 Å². The van der Waals surface area contributed by atoms with Crippen molar-refractivity contribution in [1.29, 1.82) is 0 Å². The summed E-state index contributed by atoms with van der Waals surface area (Å²) < 4.78 is 6.69. The number of nitrogens with zero attached hydrogens (tertiary/aromatic N) is 1. The molecule has 0 amide bonds. The molecule has 154 valence electrons. The van der Waals surface area contributed by atoms with E-state index in [1.165, 1.54) is 11.1 Å². The molecule has 0 bridgehead atoms. The summed E-state index contributed by atoms with van der Waals surface area (Å²) in [6.45, 7) is 14.1. The summed E-state index contributed by atoms with van der Waals surface area (Å²) in [5.74, 6) is 0. The fraction of sp³-hybridized carbons (Fsp3) is 0.500. The molecule has 4 heteroatoms. The minimum atomic E-state index is -1.89. The number of benzene rings is 2. The van der Waals surface area contributed by atoms with E-state index in [1.807, 2.05) is 0 Å². The fourth-order valence-electron chi connectivity index (χ4n) is 3.08. The molecule has 2 rings (SSSR count). The Kier molecular flexibility index (Phi) is 8.44. The molecule has 0 unspecified atom stereocenters.